The first-order valence-corrected chi connectivity index (χ1v) is 16.1. The molecule has 0 saturated carbocycles. The summed E-state index contributed by atoms with van der Waals surface area (Å²) in [7, 11) is 0.140. The zero-order valence-corrected chi connectivity index (χ0v) is 26.6. The van der Waals surface area contributed by atoms with Crippen molar-refractivity contribution in [2.45, 2.75) is 132 Å². The van der Waals surface area contributed by atoms with Crippen LogP contribution in [0.15, 0.2) is 0 Å². The average Bonchev–Trinajstić information content (AvgIpc) is 3.05. The molecule has 3 aliphatic heterocycles. The minimum Gasteiger partial charge on any atom is -0.396 e. The van der Waals surface area contributed by atoms with Crippen molar-refractivity contribution in [3.8, 4) is 0 Å². The van der Waals surface area contributed by atoms with Crippen LogP contribution in [0.25, 0.3) is 0 Å². The molecule has 0 spiro atoms. The molecule has 12 N–H and O–H groups in total. The Morgan fingerprint density at radius 2 is 1.00 bits per heavy atom. The van der Waals surface area contributed by atoms with Gasteiger partial charge in [-0.15, -0.1) is 0 Å². The summed E-state index contributed by atoms with van der Waals surface area (Å²) in [6, 6.07) is 0. The second-order valence-corrected chi connectivity index (χ2v) is 11.2. The van der Waals surface area contributed by atoms with Gasteiger partial charge in [-0.2, -0.15) is 0 Å². The van der Waals surface area contributed by atoms with E-state index in [0.29, 0.717) is 19.3 Å². The molecule has 270 valence electrons. The van der Waals surface area contributed by atoms with Gasteiger partial charge in [-0.25, -0.2) is 0 Å². The number of ether oxygens (including phenoxy) is 6. The highest BCUT2D eigenvalue weighted by atomic mass is 31.1. The molecule has 0 amide bonds. The van der Waals surface area contributed by atoms with Crippen molar-refractivity contribution < 1.29 is 89.5 Å². The van der Waals surface area contributed by atoms with Crippen molar-refractivity contribution in [1.82, 2.24) is 0 Å². The molecule has 19 heteroatoms. The fourth-order valence-electron chi connectivity index (χ4n) is 4.35. The Labute approximate surface area is 263 Å². The first kappa shape index (κ1) is 42.7. The van der Waals surface area contributed by atoms with Crippen LogP contribution in [-0.2, 0) is 28.4 Å². The van der Waals surface area contributed by atoms with Gasteiger partial charge in [0.2, 0.25) is 0 Å². The minimum atomic E-state index is -1.90. The Morgan fingerprint density at radius 1 is 0.556 bits per heavy atom. The van der Waals surface area contributed by atoms with Gasteiger partial charge in [0, 0.05) is 22.0 Å². The second kappa shape index (κ2) is 22.4. The minimum absolute atomic E-state index is 0.0160. The molecule has 45 heavy (non-hydrogen) atoms. The number of hydrogen-bond acceptors (Lipinski definition) is 18. The fraction of sp³-hybridized carbons (Fsp3) is 1.00. The summed E-state index contributed by atoms with van der Waals surface area (Å²) >= 11 is 0. The monoisotopic (exact) mass is 684 g/mol. The molecule has 3 saturated heterocycles. The highest BCUT2D eigenvalue weighted by molar-refractivity contribution is 7.30. The second-order valence-electron chi connectivity index (χ2n) is 10.2. The van der Waals surface area contributed by atoms with Crippen LogP contribution < -0.4 is 0 Å². The molecule has 3 aliphatic rings. The van der Waals surface area contributed by atoms with Crippen LogP contribution in [0.4, 0.5) is 0 Å². The first-order chi connectivity index (χ1) is 21.4. The first-order valence-electron chi connectivity index (χ1n) is 15.0. The number of aliphatic hydroxyl groups excluding tert-OH is 11. The number of rotatable bonds is 13. The van der Waals surface area contributed by atoms with Gasteiger partial charge in [0.15, 0.2) is 25.2 Å². The average molecular weight is 685 g/mol. The Hall–Kier alpha value is -0.290. The lowest BCUT2D eigenvalue weighted by atomic mass is 9.99. The molecule has 0 bridgehead atoms. The third-order valence-corrected chi connectivity index (χ3v) is 7.29. The number of hydrogen-bond donors (Lipinski definition) is 12. The lowest BCUT2D eigenvalue weighted by Crippen LogP contribution is -2.64. The molecule has 0 radical (unpaired) electrons. The van der Waals surface area contributed by atoms with Crippen LogP contribution in [0.3, 0.4) is 0 Å². The van der Waals surface area contributed by atoms with Gasteiger partial charge in [0.05, 0.1) is 13.2 Å². The molecule has 0 aromatic rings. The smallest absolute Gasteiger partial charge is 0.192 e. The van der Waals surface area contributed by atoms with E-state index in [0.717, 1.165) is 6.16 Å². The van der Waals surface area contributed by atoms with Crippen LogP contribution in [0, 0.1) is 0 Å². The standard InChI is InChI=1S/C22H40O17.C2H7OP.C2H6/c23-4-2-1-3-5-34-19-15(30)13(28)11(26)9(37-19)7-35-20-16(31)14(29)18(33)22(38-20)39-21-17(32)12(27)10(25)8(6-24)36-21;1-2-4-3;1-2/h8-33H,1-7H2;3-4H,2H2,1H3;1-2H3. The molecular weight excluding hydrogens is 631 g/mol. The van der Waals surface area contributed by atoms with E-state index in [9.17, 15) is 51.1 Å². The molecule has 18 nitrogen and oxygen atoms in total. The van der Waals surface area contributed by atoms with E-state index in [1.54, 1.807) is 0 Å². The summed E-state index contributed by atoms with van der Waals surface area (Å²) in [5.74, 6) is 0. The highest BCUT2D eigenvalue weighted by Crippen LogP contribution is 2.29. The van der Waals surface area contributed by atoms with E-state index in [-0.39, 0.29) is 22.0 Å². The summed E-state index contributed by atoms with van der Waals surface area (Å²) in [5.41, 5.74) is 0. The topological polar surface area (TPSA) is 298 Å². The van der Waals surface area contributed by atoms with Crippen molar-refractivity contribution in [3.05, 3.63) is 0 Å². The summed E-state index contributed by atoms with van der Waals surface area (Å²) in [5, 5.41) is 110. The van der Waals surface area contributed by atoms with Gasteiger partial charge in [0.25, 0.3) is 0 Å². The molecule has 0 aromatic heterocycles. The Bertz CT molecular complexity index is 755. The van der Waals surface area contributed by atoms with E-state index in [4.69, 9.17) is 38.4 Å². The van der Waals surface area contributed by atoms with Gasteiger partial charge in [-0.1, -0.05) is 20.8 Å². The fourth-order valence-corrected chi connectivity index (χ4v) is 4.35. The van der Waals surface area contributed by atoms with E-state index in [1.165, 1.54) is 0 Å². The van der Waals surface area contributed by atoms with Gasteiger partial charge >= 0.3 is 0 Å². The van der Waals surface area contributed by atoms with Crippen molar-refractivity contribution in [2.24, 2.45) is 0 Å². The van der Waals surface area contributed by atoms with E-state index < -0.39 is 106 Å². The number of unbranched alkanes of at least 4 members (excludes halogenated alkanes) is 2. The molecular formula is C26H53O18P. The molecule has 3 fully saturated rings. The molecule has 3 rings (SSSR count). The lowest BCUT2D eigenvalue weighted by molar-refractivity contribution is -0.402. The third-order valence-electron chi connectivity index (χ3n) is 6.98. The van der Waals surface area contributed by atoms with Crippen LogP contribution in [0.2, 0.25) is 0 Å². The van der Waals surface area contributed by atoms with Crippen LogP contribution in [0.1, 0.15) is 40.0 Å². The van der Waals surface area contributed by atoms with E-state index in [1.807, 2.05) is 20.8 Å². The highest BCUT2D eigenvalue weighted by Gasteiger charge is 2.51. The van der Waals surface area contributed by atoms with Gasteiger partial charge in [-0.05, 0) is 25.4 Å². The maximum absolute atomic E-state index is 10.3. The van der Waals surface area contributed by atoms with Gasteiger partial charge in [0.1, 0.15) is 67.1 Å². The Balaban J connectivity index is 0.00000156. The predicted molar refractivity (Wildman–Crippen MR) is 153 cm³/mol. The third kappa shape index (κ3) is 12.3. The molecule has 0 aliphatic carbocycles. The van der Waals surface area contributed by atoms with Crippen LogP contribution in [-0.4, -0.2) is 186 Å². The molecule has 0 aromatic carbocycles. The SMILES string of the molecule is CC.CCPO.OCCCCCOC1OC(COC2OC(OC3OC(CO)C(O)C(O)C3O)C(O)C(O)C2O)C(O)C(O)C1O. The quantitative estimate of drug-likeness (QED) is 0.0640. The zero-order chi connectivity index (χ0) is 34.3. The van der Waals surface area contributed by atoms with Crippen molar-refractivity contribution in [2.75, 3.05) is 32.6 Å². The Kier molecular flexibility index (Phi) is 21.2. The normalized spacial score (nSPS) is 42.1. The summed E-state index contributed by atoms with van der Waals surface area (Å²) < 4.78 is 32.2. The van der Waals surface area contributed by atoms with E-state index >= 15 is 0 Å². The Morgan fingerprint density at radius 3 is 1.51 bits per heavy atom. The van der Waals surface area contributed by atoms with Crippen LogP contribution >= 0.6 is 8.81 Å². The van der Waals surface area contributed by atoms with Crippen molar-refractivity contribution in [3.63, 3.8) is 0 Å². The summed E-state index contributed by atoms with van der Waals surface area (Å²) in [6.45, 7) is 4.78. The summed E-state index contributed by atoms with van der Waals surface area (Å²) in [6.07, 6.45) is -22.4. The molecule has 16 unspecified atom stereocenters. The maximum Gasteiger partial charge on any atom is 0.192 e. The summed E-state index contributed by atoms with van der Waals surface area (Å²) in [4.78, 5) is 7.90. The largest absolute Gasteiger partial charge is 0.396 e. The molecule has 16 atom stereocenters. The lowest BCUT2D eigenvalue weighted by Gasteiger charge is -2.45. The zero-order valence-electron chi connectivity index (χ0n) is 25.6. The van der Waals surface area contributed by atoms with Crippen molar-refractivity contribution >= 4 is 8.81 Å². The van der Waals surface area contributed by atoms with Gasteiger partial charge in [-0.3, -0.25) is 0 Å². The van der Waals surface area contributed by atoms with Crippen LogP contribution in [0.5, 0.6) is 0 Å². The van der Waals surface area contributed by atoms with Crippen molar-refractivity contribution in [1.29, 1.82) is 0 Å². The molecule has 3 heterocycles. The number of aliphatic hydroxyl groups is 11. The van der Waals surface area contributed by atoms with Gasteiger partial charge < -0.3 is 89.5 Å². The van der Waals surface area contributed by atoms with E-state index in [2.05, 4.69) is 0 Å². The predicted octanol–water partition coefficient (Wildman–Crippen LogP) is -4.81. The maximum atomic E-state index is 10.3.